The maximum Gasteiger partial charge on any atom is 0.490 e. The molecule has 0 spiro atoms. The minimum Gasteiger partial charge on any atom is -0.455 e. The van der Waals surface area contributed by atoms with Gasteiger partial charge in [-0.15, -0.1) is 0 Å². The van der Waals surface area contributed by atoms with E-state index in [0.717, 1.165) is 0 Å². The Morgan fingerprint density at radius 1 is 1.20 bits per heavy atom. The molecular formula is C7H8F6O2. The van der Waals surface area contributed by atoms with Crippen molar-refractivity contribution in [3.05, 3.63) is 0 Å². The Morgan fingerprint density at radius 3 is 1.93 bits per heavy atom. The highest BCUT2D eigenvalue weighted by molar-refractivity contribution is 5.75. The molecule has 0 saturated heterocycles. The summed E-state index contributed by atoms with van der Waals surface area (Å²) in [5, 5.41) is 0. The molecule has 8 heteroatoms. The molecule has 0 saturated carbocycles. The first kappa shape index (κ1) is 14.1. The van der Waals surface area contributed by atoms with Crippen LogP contribution in [-0.2, 0) is 9.53 Å². The lowest BCUT2D eigenvalue weighted by atomic mass is 10.2. The van der Waals surface area contributed by atoms with Crippen molar-refractivity contribution >= 4 is 5.97 Å². The van der Waals surface area contributed by atoms with Crippen LogP contribution in [0.3, 0.4) is 0 Å². The summed E-state index contributed by atoms with van der Waals surface area (Å²) >= 11 is 0. The van der Waals surface area contributed by atoms with Crippen LogP contribution in [-0.4, -0.2) is 24.4 Å². The molecule has 15 heavy (non-hydrogen) atoms. The fourth-order valence-corrected chi connectivity index (χ4v) is 0.746. The van der Waals surface area contributed by atoms with Crippen LogP contribution in [0.1, 0.15) is 19.8 Å². The third-order valence-corrected chi connectivity index (χ3v) is 1.42. The van der Waals surface area contributed by atoms with Gasteiger partial charge in [0.1, 0.15) is 6.10 Å². The van der Waals surface area contributed by atoms with Gasteiger partial charge in [-0.1, -0.05) is 6.92 Å². The van der Waals surface area contributed by atoms with Gasteiger partial charge in [0.2, 0.25) is 0 Å². The minimum atomic E-state index is -5.26. The third-order valence-electron chi connectivity index (χ3n) is 1.42. The Labute approximate surface area is 81.2 Å². The summed E-state index contributed by atoms with van der Waals surface area (Å²) in [6, 6.07) is 0. The zero-order chi connectivity index (χ0) is 12.3. The van der Waals surface area contributed by atoms with Crippen molar-refractivity contribution in [1.82, 2.24) is 0 Å². The summed E-state index contributed by atoms with van der Waals surface area (Å²) in [7, 11) is 0. The van der Waals surface area contributed by atoms with Crippen molar-refractivity contribution < 1.29 is 35.9 Å². The number of ether oxygens (including phenoxy) is 1. The monoisotopic (exact) mass is 238 g/mol. The lowest BCUT2D eigenvalue weighted by Crippen LogP contribution is -2.32. The molecule has 1 atom stereocenters. The average Bonchev–Trinajstić information content (AvgIpc) is 1.98. The standard InChI is InChI=1S/C7H8F6O2/c1-2-4(3-6(8,9)10)15-5(14)7(11,12)13/h4H,2-3H2,1H3. The highest BCUT2D eigenvalue weighted by Gasteiger charge is 2.43. The van der Waals surface area contributed by atoms with E-state index in [4.69, 9.17) is 0 Å². The van der Waals surface area contributed by atoms with E-state index in [1.165, 1.54) is 6.92 Å². The molecule has 0 rings (SSSR count). The Bertz CT molecular complexity index is 219. The molecule has 0 aliphatic rings. The number of hydrogen-bond donors (Lipinski definition) is 0. The molecule has 0 heterocycles. The molecule has 90 valence electrons. The van der Waals surface area contributed by atoms with E-state index in [2.05, 4.69) is 4.74 Å². The Kier molecular flexibility index (Phi) is 4.42. The van der Waals surface area contributed by atoms with Crippen LogP contribution >= 0.6 is 0 Å². The van der Waals surface area contributed by atoms with Crippen molar-refractivity contribution in [2.75, 3.05) is 0 Å². The molecule has 0 aromatic heterocycles. The summed E-state index contributed by atoms with van der Waals surface area (Å²) in [6.45, 7) is 1.19. The predicted octanol–water partition coefficient (Wildman–Crippen LogP) is 2.82. The smallest absolute Gasteiger partial charge is 0.455 e. The molecule has 0 aliphatic carbocycles. The maximum absolute atomic E-state index is 11.8. The molecule has 1 unspecified atom stereocenters. The summed E-state index contributed by atoms with van der Waals surface area (Å²) in [5.74, 6) is -2.60. The highest BCUT2D eigenvalue weighted by atomic mass is 19.4. The normalized spacial score (nSPS) is 14.9. The van der Waals surface area contributed by atoms with E-state index < -0.39 is 30.8 Å². The van der Waals surface area contributed by atoms with Gasteiger partial charge in [-0.25, -0.2) is 4.79 Å². The number of hydrogen-bond acceptors (Lipinski definition) is 2. The molecule has 0 N–H and O–H groups in total. The molecular weight excluding hydrogens is 230 g/mol. The van der Waals surface area contributed by atoms with E-state index in [-0.39, 0.29) is 6.42 Å². The molecule has 2 nitrogen and oxygen atoms in total. The maximum atomic E-state index is 11.8. The molecule has 0 aromatic carbocycles. The van der Waals surface area contributed by atoms with Gasteiger partial charge in [0, 0.05) is 0 Å². The zero-order valence-corrected chi connectivity index (χ0v) is 7.58. The predicted molar refractivity (Wildman–Crippen MR) is 36.9 cm³/mol. The third kappa shape index (κ3) is 6.19. The fourth-order valence-electron chi connectivity index (χ4n) is 0.746. The Morgan fingerprint density at radius 2 is 1.67 bits per heavy atom. The topological polar surface area (TPSA) is 26.3 Å². The lowest BCUT2D eigenvalue weighted by Gasteiger charge is -2.18. The SMILES string of the molecule is CCC(CC(F)(F)F)OC(=O)C(F)(F)F. The first-order valence-electron chi connectivity index (χ1n) is 3.91. The second-order valence-corrected chi connectivity index (χ2v) is 2.75. The molecule has 0 aromatic rings. The van der Waals surface area contributed by atoms with Crippen LogP contribution in [0.5, 0.6) is 0 Å². The van der Waals surface area contributed by atoms with Crippen LogP contribution in [0, 0.1) is 0 Å². The van der Waals surface area contributed by atoms with Gasteiger partial charge in [-0.3, -0.25) is 0 Å². The number of carbonyl (C=O) groups is 1. The van der Waals surface area contributed by atoms with Crippen molar-refractivity contribution in [3.63, 3.8) is 0 Å². The summed E-state index contributed by atoms with van der Waals surface area (Å²) in [6.07, 6.45) is -13.6. The lowest BCUT2D eigenvalue weighted by molar-refractivity contribution is -0.213. The van der Waals surface area contributed by atoms with Gasteiger partial charge in [0.25, 0.3) is 0 Å². The number of carbonyl (C=O) groups excluding carboxylic acids is 1. The molecule has 0 fully saturated rings. The quantitative estimate of drug-likeness (QED) is 0.558. The van der Waals surface area contributed by atoms with Gasteiger partial charge in [0.05, 0.1) is 6.42 Å². The van der Waals surface area contributed by atoms with E-state index in [9.17, 15) is 31.1 Å². The van der Waals surface area contributed by atoms with E-state index >= 15 is 0 Å². The highest BCUT2D eigenvalue weighted by Crippen LogP contribution is 2.26. The minimum absolute atomic E-state index is 0.332. The van der Waals surface area contributed by atoms with Gasteiger partial charge in [-0.05, 0) is 6.42 Å². The van der Waals surface area contributed by atoms with Crippen LogP contribution < -0.4 is 0 Å². The zero-order valence-electron chi connectivity index (χ0n) is 7.58. The van der Waals surface area contributed by atoms with Crippen molar-refractivity contribution in [2.24, 2.45) is 0 Å². The average molecular weight is 238 g/mol. The van der Waals surface area contributed by atoms with Gasteiger partial charge >= 0.3 is 18.3 Å². The number of halogens is 6. The van der Waals surface area contributed by atoms with Gasteiger partial charge in [0.15, 0.2) is 0 Å². The molecule has 0 amide bonds. The second-order valence-electron chi connectivity index (χ2n) is 2.75. The van der Waals surface area contributed by atoms with Crippen molar-refractivity contribution in [2.45, 2.75) is 38.2 Å². The van der Waals surface area contributed by atoms with E-state index in [0.29, 0.717) is 0 Å². The molecule has 0 bridgehead atoms. The van der Waals surface area contributed by atoms with Crippen molar-refractivity contribution in [3.8, 4) is 0 Å². The number of alkyl halides is 6. The molecule has 0 radical (unpaired) electrons. The first-order chi connectivity index (χ1) is 6.56. The van der Waals surface area contributed by atoms with E-state index in [1.807, 2.05) is 0 Å². The number of esters is 1. The second kappa shape index (κ2) is 4.71. The largest absolute Gasteiger partial charge is 0.490 e. The Balaban J connectivity index is 4.29. The van der Waals surface area contributed by atoms with Crippen LogP contribution in [0.4, 0.5) is 26.3 Å². The molecule has 0 aliphatic heterocycles. The van der Waals surface area contributed by atoms with Gasteiger partial charge in [-0.2, -0.15) is 26.3 Å². The summed E-state index contributed by atoms with van der Waals surface area (Å²) in [5.41, 5.74) is 0. The van der Waals surface area contributed by atoms with Crippen molar-refractivity contribution in [1.29, 1.82) is 0 Å². The van der Waals surface area contributed by atoms with E-state index in [1.54, 1.807) is 0 Å². The first-order valence-corrected chi connectivity index (χ1v) is 3.91. The van der Waals surface area contributed by atoms with Gasteiger partial charge < -0.3 is 4.74 Å². The summed E-state index contributed by atoms with van der Waals surface area (Å²) < 4.78 is 73.8. The van der Waals surface area contributed by atoms with Crippen LogP contribution in [0.25, 0.3) is 0 Å². The Hall–Kier alpha value is -0.950. The van der Waals surface area contributed by atoms with Crippen LogP contribution in [0.15, 0.2) is 0 Å². The summed E-state index contributed by atoms with van der Waals surface area (Å²) in [4.78, 5) is 10.2. The fraction of sp³-hybridized carbons (Fsp3) is 0.857. The van der Waals surface area contributed by atoms with Crippen LogP contribution in [0.2, 0.25) is 0 Å². The number of rotatable bonds is 3.